The van der Waals surface area contributed by atoms with Crippen LogP contribution in [0.15, 0.2) is 24.3 Å². The summed E-state index contributed by atoms with van der Waals surface area (Å²) in [5.74, 6) is 0.591. The summed E-state index contributed by atoms with van der Waals surface area (Å²) in [5, 5.41) is 3.55. The summed E-state index contributed by atoms with van der Waals surface area (Å²) in [5.41, 5.74) is 2.95. The van der Waals surface area contributed by atoms with Gasteiger partial charge < -0.3 is 10.2 Å². The van der Waals surface area contributed by atoms with Crippen molar-refractivity contribution in [3.05, 3.63) is 35.4 Å². The van der Waals surface area contributed by atoms with Crippen molar-refractivity contribution in [1.29, 1.82) is 0 Å². The highest BCUT2D eigenvalue weighted by atomic mass is 15.2. The number of nitrogens with zero attached hydrogens (tertiary/aromatic N) is 1. The Morgan fingerprint density at radius 2 is 1.45 bits per heavy atom. The molecule has 2 heteroatoms. The number of hydrogen-bond donors (Lipinski definition) is 1. The second-order valence-electron chi connectivity index (χ2n) is 6.25. The zero-order chi connectivity index (χ0) is 15.3. The minimum atomic E-state index is 0.161. The van der Waals surface area contributed by atoms with Gasteiger partial charge in [-0.2, -0.15) is 0 Å². The lowest BCUT2D eigenvalue weighted by Gasteiger charge is -2.45. The summed E-state index contributed by atoms with van der Waals surface area (Å²) in [6.07, 6.45) is 2.27. The number of likely N-dealkylation sites (N-methyl/N-ethyl adjacent to an activating group) is 2. The van der Waals surface area contributed by atoms with Crippen LogP contribution in [0.2, 0.25) is 0 Å². The van der Waals surface area contributed by atoms with Gasteiger partial charge in [0.1, 0.15) is 0 Å². The molecule has 0 amide bonds. The average molecular weight is 276 g/mol. The Kier molecular flexibility index (Phi) is 6.22. The number of nitrogens with one attached hydrogen (secondary N) is 1. The standard InChI is InChI=1S/C18H32N2/c1-8-18(9-2,20(6)7)17(19-5)16-12-10-15(11-13-16)14(3)4/h10-14,17,19H,8-9H2,1-7H3. The molecule has 0 bridgehead atoms. The van der Waals surface area contributed by atoms with Gasteiger partial charge in [-0.1, -0.05) is 52.0 Å². The maximum atomic E-state index is 3.55. The van der Waals surface area contributed by atoms with E-state index in [2.05, 4.69) is 83.3 Å². The lowest BCUT2D eigenvalue weighted by atomic mass is 9.79. The molecular formula is C18H32N2. The monoisotopic (exact) mass is 276 g/mol. The Morgan fingerprint density at radius 3 is 1.75 bits per heavy atom. The fraction of sp³-hybridized carbons (Fsp3) is 0.667. The Bertz CT molecular complexity index is 388. The molecule has 0 saturated carbocycles. The number of rotatable bonds is 7. The van der Waals surface area contributed by atoms with E-state index >= 15 is 0 Å². The molecule has 1 unspecified atom stereocenters. The molecule has 1 aromatic carbocycles. The van der Waals surface area contributed by atoms with Crippen molar-refractivity contribution in [3.63, 3.8) is 0 Å². The van der Waals surface area contributed by atoms with E-state index in [-0.39, 0.29) is 5.54 Å². The van der Waals surface area contributed by atoms with Crippen LogP contribution in [0.3, 0.4) is 0 Å². The van der Waals surface area contributed by atoms with Crippen molar-refractivity contribution in [2.75, 3.05) is 21.1 Å². The molecule has 0 aromatic heterocycles. The minimum absolute atomic E-state index is 0.161. The Morgan fingerprint density at radius 1 is 1.00 bits per heavy atom. The molecule has 1 N–H and O–H groups in total. The maximum absolute atomic E-state index is 3.55. The first-order chi connectivity index (χ1) is 9.42. The summed E-state index contributed by atoms with van der Waals surface area (Å²) in [6.45, 7) is 9.06. The molecule has 0 aliphatic heterocycles. The highest BCUT2D eigenvalue weighted by Crippen LogP contribution is 2.36. The zero-order valence-corrected chi connectivity index (χ0v) is 14.3. The van der Waals surface area contributed by atoms with Crippen molar-refractivity contribution in [2.45, 2.75) is 58.0 Å². The largest absolute Gasteiger partial charge is 0.311 e. The summed E-state index contributed by atoms with van der Waals surface area (Å²) in [7, 11) is 6.46. The van der Waals surface area contributed by atoms with Gasteiger partial charge in [0.05, 0.1) is 6.04 Å². The molecule has 20 heavy (non-hydrogen) atoms. The quantitative estimate of drug-likeness (QED) is 0.803. The first-order valence-electron chi connectivity index (χ1n) is 7.87. The summed E-state index contributed by atoms with van der Waals surface area (Å²) < 4.78 is 0. The van der Waals surface area contributed by atoms with E-state index in [1.807, 2.05) is 0 Å². The smallest absolute Gasteiger partial charge is 0.0504 e. The van der Waals surface area contributed by atoms with Crippen LogP contribution < -0.4 is 5.32 Å². The van der Waals surface area contributed by atoms with Crippen molar-refractivity contribution in [2.24, 2.45) is 0 Å². The van der Waals surface area contributed by atoms with Crippen molar-refractivity contribution in [3.8, 4) is 0 Å². The normalized spacial score (nSPS) is 14.1. The highest BCUT2D eigenvalue weighted by Gasteiger charge is 2.37. The Hall–Kier alpha value is -0.860. The van der Waals surface area contributed by atoms with Crippen LogP contribution in [0.5, 0.6) is 0 Å². The Labute approximate surface area is 125 Å². The number of benzene rings is 1. The van der Waals surface area contributed by atoms with Crippen LogP contribution in [0.25, 0.3) is 0 Å². The van der Waals surface area contributed by atoms with Crippen LogP contribution in [0.1, 0.15) is 63.6 Å². The summed E-state index contributed by atoms with van der Waals surface area (Å²) in [4.78, 5) is 2.38. The lowest BCUT2D eigenvalue weighted by molar-refractivity contribution is 0.0918. The molecule has 0 aliphatic carbocycles. The van der Waals surface area contributed by atoms with Gasteiger partial charge in [0, 0.05) is 5.54 Å². The third-order valence-corrected chi connectivity index (χ3v) is 4.88. The van der Waals surface area contributed by atoms with Gasteiger partial charge in [0.15, 0.2) is 0 Å². The van der Waals surface area contributed by atoms with Gasteiger partial charge in [-0.25, -0.2) is 0 Å². The van der Waals surface area contributed by atoms with E-state index in [1.54, 1.807) is 0 Å². The van der Waals surface area contributed by atoms with E-state index < -0.39 is 0 Å². The molecule has 114 valence electrons. The topological polar surface area (TPSA) is 15.3 Å². The predicted molar refractivity (Wildman–Crippen MR) is 89.3 cm³/mol. The highest BCUT2D eigenvalue weighted by molar-refractivity contribution is 5.29. The predicted octanol–water partition coefficient (Wildman–Crippen LogP) is 4.19. The first kappa shape index (κ1) is 17.2. The third kappa shape index (κ3) is 3.24. The fourth-order valence-corrected chi connectivity index (χ4v) is 3.37. The second-order valence-corrected chi connectivity index (χ2v) is 6.25. The van der Waals surface area contributed by atoms with Gasteiger partial charge in [0.2, 0.25) is 0 Å². The van der Waals surface area contributed by atoms with Gasteiger partial charge in [-0.15, -0.1) is 0 Å². The lowest BCUT2D eigenvalue weighted by Crippen LogP contribution is -2.52. The zero-order valence-electron chi connectivity index (χ0n) is 14.3. The SMILES string of the molecule is CCC(CC)(C(NC)c1ccc(C(C)C)cc1)N(C)C. The Balaban J connectivity index is 3.16. The van der Waals surface area contributed by atoms with E-state index in [0.717, 1.165) is 12.8 Å². The molecule has 0 heterocycles. The van der Waals surface area contributed by atoms with E-state index in [9.17, 15) is 0 Å². The van der Waals surface area contributed by atoms with Gasteiger partial charge in [-0.05, 0) is 51.0 Å². The third-order valence-electron chi connectivity index (χ3n) is 4.88. The molecule has 2 nitrogen and oxygen atoms in total. The van der Waals surface area contributed by atoms with E-state index in [1.165, 1.54) is 11.1 Å². The maximum Gasteiger partial charge on any atom is 0.0504 e. The molecule has 0 saturated heterocycles. The van der Waals surface area contributed by atoms with Crippen LogP contribution in [0, 0.1) is 0 Å². The van der Waals surface area contributed by atoms with E-state index in [0.29, 0.717) is 12.0 Å². The van der Waals surface area contributed by atoms with Crippen molar-refractivity contribution in [1.82, 2.24) is 10.2 Å². The second kappa shape index (κ2) is 7.24. The molecule has 0 radical (unpaired) electrons. The minimum Gasteiger partial charge on any atom is -0.311 e. The van der Waals surface area contributed by atoms with Crippen molar-refractivity contribution >= 4 is 0 Å². The summed E-state index contributed by atoms with van der Waals surface area (Å²) in [6, 6.07) is 9.49. The van der Waals surface area contributed by atoms with Crippen LogP contribution in [-0.2, 0) is 0 Å². The summed E-state index contributed by atoms with van der Waals surface area (Å²) >= 11 is 0. The number of hydrogen-bond acceptors (Lipinski definition) is 2. The molecule has 0 aliphatic rings. The molecule has 1 atom stereocenters. The van der Waals surface area contributed by atoms with Gasteiger partial charge in [-0.3, -0.25) is 0 Å². The van der Waals surface area contributed by atoms with Crippen LogP contribution in [0.4, 0.5) is 0 Å². The van der Waals surface area contributed by atoms with Crippen LogP contribution in [-0.4, -0.2) is 31.6 Å². The fourth-order valence-electron chi connectivity index (χ4n) is 3.37. The molecular weight excluding hydrogens is 244 g/mol. The van der Waals surface area contributed by atoms with Crippen molar-refractivity contribution < 1.29 is 0 Å². The van der Waals surface area contributed by atoms with Gasteiger partial charge in [0.25, 0.3) is 0 Å². The molecule has 1 aromatic rings. The molecule has 1 rings (SSSR count). The first-order valence-corrected chi connectivity index (χ1v) is 7.87. The molecule has 0 fully saturated rings. The molecule has 0 spiro atoms. The van der Waals surface area contributed by atoms with E-state index in [4.69, 9.17) is 0 Å². The average Bonchev–Trinajstić information content (AvgIpc) is 2.44. The van der Waals surface area contributed by atoms with Gasteiger partial charge >= 0.3 is 0 Å². The van der Waals surface area contributed by atoms with Crippen LogP contribution >= 0.6 is 0 Å².